The van der Waals surface area contributed by atoms with Crippen LogP contribution >= 0.6 is 11.8 Å². The molecule has 1 amide bonds. The summed E-state index contributed by atoms with van der Waals surface area (Å²) in [6.45, 7) is 4.88. The number of carbonyl (C=O) groups excluding carboxylic acids is 2. The van der Waals surface area contributed by atoms with Crippen molar-refractivity contribution < 1.29 is 24.2 Å². The van der Waals surface area contributed by atoms with Gasteiger partial charge in [0.1, 0.15) is 6.10 Å². The van der Waals surface area contributed by atoms with Gasteiger partial charge in [-0.25, -0.2) is 0 Å². The van der Waals surface area contributed by atoms with Crippen molar-refractivity contribution in [2.45, 2.75) is 109 Å². The number of esters is 1. The molecule has 1 rings (SSSR count). The first kappa shape index (κ1) is 25.8. The van der Waals surface area contributed by atoms with Gasteiger partial charge in [0.15, 0.2) is 0 Å². The Morgan fingerprint density at radius 3 is 2.52 bits per heavy atom. The van der Waals surface area contributed by atoms with E-state index in [1.807, 2.05) is 11.8 Å². The number of ether oxygens (including phenoxy) is 1. The molecule has 7 heteroatoms. The fourth-order valence-corrected chi connectivity index (χ4v) is 4.79. The summed E-state index contributed by atoms with van der Waals surface area (Å²) in [5, 5.41) is 8.85. The lowest BCUT2D eigenvalue weighted by Crippen LogP contribution is -2.34. The van der Waals surface area contributed by atoms with Crippen LogP contribution in [0.15, 0.2) is 0 Å². The van der Waals surface area contributed by atoms with Crippen LogP contribution in [0.25, 0.3) is 0 Å². The van der Waals surface area contributed by atoms with E-state index in [2.05, 4.69) is 6.92 Å². The van der Waals surface area contributed by atoms with E-state index in [0.29, 0.717) is 18.6 Å². The van der Waals surface area contributed by atoms with Crippen molar-refractivity contribution in [3.8, 4) is 0 Å². The zero-order valence-electron chi connectivity index (χ0n) is 18.2. The Labute approximate surface area is 180 Å². The smallest absolute Gasteiger partial charge is 0.306 e. The van der Waals surface area contributed by atoms with Gasteiger partial charge in [-0.05, 0) is 44.9 Å². The van der Waals surface area contributed by atoms with Crippen LogP contribution in [-0.2, 0) is 19.1 Å². The minimum absolute atomic E-state index is 0.0465. The quantitative estimate of drug-likeness (QED) is 0.259. The summed E-state index contributed by atoms with van der Waals surface area (Å²) in [5.41, 5.74) is 0. The summed E-state index contributed by atoms with van der Waals surface area (Å²) in [6, 6.07) is 0. The molecule has 2 unspecified atom stereocenters. The van der Waals surface area contributed by atoms with Crippen LogP contribution in [0.2, 0.25) is 0 Å². The zero-order valence-corrected chi connectivity index (χ0v) is 19.0. The second-order valence-corrected chi connectivity index (χ2v) is 9.01. The van der Waals surface area contributed by atoms with Crippen molar-refractivity contribution in [3.63, 3.8) is 0 Å². The molecule has 2 atom stereocenters. The fraction of sp³-hybridized carbons (Fsp3) is 0.864. The molecule has 1 aliphatic heterocycles. The zero-order chi connectivity index (χ0) is 21.5. The molecule has 0 saturated carbocycles. The first-order valence-electron chi connectivity index (χ1n) is 11.3. The summed E-state index contributed by atoms with van der Waals surface area (Å²) in [7, 11) is 0. The third-order valence-electron chi connectivity index (χ3n) is 5.22. The highest BCUT2D eigenvalue weighted by Crippen LogP contribution is 2.30. The third kappa shape index (κ3) is 11.5. The molecule has 168 valence electrons. The van der Waals surface area contributed by atoms with Crippen molar-refractivity contribution in [2.75, 3.05) is 12.3 Å². The van der Waals surface area contributed by atoms with Gasteiger partial charge < -0.3 is 14.7 Å². The first-order chi connectivity index (χ1) is 14.0. The number of rotatable bonds is 17. The summed E-state index contributed by atoms with van der Waals surface area (Å²) in [5.74, 6) is -0.137. The Morgan fingerprint density at radius 2 is 1.83 bits per heavy atom. The second kappa shape index (κ2) is 15.6. The van der Waals surface area contributed by atoms with Crippen molar-refractivity contribution in [2.24, 2.45) is 0 Å². The molecular formula is C22H39NO5S. The SMILES string of the molecule is CCCCCC(CCC1SCC(=O)N1CCCCCCC(=O)O)OC(=O)CCC. The van der Waals surface area contributed by atoms with Gasteiger partial charge in [-0.15, -0.1) is 11.8 Å². The summed E-state index contributed by atoms with van der Waals surface area (Å²) >= 11 is 1.69. The number of unbranched alkanes of at least 4 members (excludes halogenated alkanes) is 5. The highest BCUT2D eigenvalue weighted by molar-refractivity contribution is 8.00. The summed E-state index contributed by atoms with van der Waals surface area (Å²) in [4.78, 5) is 36.7. The monoisotopic (exact) mass is 429 g/mol. The van der Waals surface area contributed by atoms with E-state index in [1.165, 1.54) is 0 Å². The van der Waals surface area contributed by atoms with Crippen molar-refractivity contribution >= 4 is 29.6 Å². The molecule has 0 spiro atoms. The Bertz CT molecular complexity index is 500. The first-order valence-corrected chi connectivity index (χ1v) is 12.3. The molecule has 1 N–H and O–H groups in total. The molecule has 0 aromatic heterocycles. The third-order valence-corrected chi connectivity index (χ3v) is 6.51. The number of nitrogens with zero attached hydrogens (tertiary/aromatic N) is 1. The molecule has 0 aromatic rings. The lowest BCUT2D eigenvalue weighted by Gasteiger charge is -2.26. The predicted molar refractivity (Wildman–Crippen MR) is 117 cm³/mol. The highest BCUT2D eigenvalue weighted by Gasteiger charge is 2.31. The maximum atomic E-state index is 12.3. The number of carbonyl (C=O) groups is 3. The van der Waals surface area contributed by atoms with Crippen LogP contribution < -0.4 is 0 Å². The molecule has 6 nitrogen and oxygen atoms in total. The van der Waals surface area contributed by atoms with Crippen LogP contribution in [0.4, 0.5) is 0 Å². The van der Waals surface area contributed by atoms with Gasteiger partial charge in [0.25, 0.3) is 0 Å². The fourth-order valence-electron chi connectivity index (χ4n) is 3.58. The minimum atomic E-state index is -0.746. The van der Waals surface area contributed by atoms with Crippen LogP contribution in [0, 0.1) is 0 Å². The Balaban J connectivity index is 2.41. The molecule has 1 saturated heterocycles. The van der Waals surface area contributed by atoms with Crippen molar-refractivity contribution in [1.29, 1.82) is 0 Å². The van der Waals surface area contributed by atoms with E-state index < -0.39 is 5.97 Å². The number of hydrogen-bond donors (Lipinski definition) is 1. The van der Waals surface area contributed by atoms with E-state index in [-0.39, 0.29) is 29.8 Å². The molecule has 1 fully saturated rings. The van der Waals surface area contributed by atoms with Crippen LogP contribution in [0.3, 0.4) is 0 Å². The van der Waals surface area contributed by atoms with E-state index in [4.69, 9.17) is 9.84 Å². The maximum Gasteiger partial charge on any atom is 0.306 e. The maximum absolute atomic E-state index is 12.3. The molecule has 0 bridgehead atoms. The van der Waals surface area contributed by atoms with Gasteiger partial charge in [0.2, 0.25) is 5.91 Å². The Kier molecular flexibility index (Phi) is 13.9. The molecule has 0 aliphatic carbocycles. The van der Waals surface area contributed by atoms with Crippen molar-refractivity contribution in [1.82, 2.24) is 4.90 Å². The minimum Gasteiger partial charge on any atom is -0.481 e. The second-order valence-electron chi connectivity index (χ2n) is 7.85. The normalized spacial score (nSPS) is 17.5. The van der Waals surface area contributed by atoms with Gasteiger partial charge in [-0.1, -0.05) is 39.5 Å². The lowest BCUT2D eigenvalue weighted by atomic mass is 10.1. The lowest BCUT2D eigenvalue weighted by molar-refractivity contribution is -0.150. The van der Waals surface area contributed by atoms with Crippen LogP contribution in [-0.4, -0.2) is 51.6 Å². The Morgan fingerprint density at radius 1 is 1.07 bits per heavy atom. The average molecular weight is 430 g/mol. The Hall–Kier alpha value is -1.24. The van der Waals surface area contributed by atoms with E-state index >= 15 is 0 Å². The van der Waals surface area contributed by atoms with Gasteiger partial charge in [0, 0.05) is 19.4 Å². The number of thioether (sulfide) groups is 1. The molecule has 0 radical (unpaired) electrons. The number of carboxylic acid groups (broad SMARTS) is 1. The molecular weight excluding hydrogens is 390 g/mol. The molecule has 29 heavy (non-hydrogen) atoms. The molecule has 1 heterocycles. The number of aliphatic carboxylic acids is 1. The average Bonchev–Trinajstić information content (AvgIpc) is 3.02. The molecule has 1 aliphatic rings. The topological polar surface area (TPSA) is 83.9 Å². The summed E-state index contributed by atoms with van der Waals surface area (Å²) < 4.78 is 5.70. The van der Waals surface area contributed by atoms with Gasteiger partial charge in [-0.3, -0.25) is 14.4 Å². The van der Waals surface area contributed by atoms with Crippen molar-refractivity contribution in [3.05, 3.63) is 0 Å². The highest BCUT2D eigenvalue weighted by atomic mass is 32.2. The predicted octanol–water partition coefficient (Wildman–Crippen LogP) is 5.00. The van der Waals surface area contributed by atoms with E-state index in [1.54, 1.807) is 11.8 Å². The van der Waals surface area contributed by atoms with Crippen LogP contribution in [0.5, 0.6) is 0 Å². The number of amides is 1. The van der Waals surface area contributed by atoms with E-state index in [0.717, 1.165) is 70.8 Å². The van der Waals surface area contributed by atoms with Gasteiger partial charge in [-0.2, -0.15) is 0 Å². The summed E-state index contributed by atoms with van der Waals surface area (Å²) in [6.07, 6.45) is 10.8. The number of carboxylic acids is 1. The van der Waals surface area contributed by atoms with Crippen LogP contribution in [0.1, 0.15) is 97.3 Å². The van der Waals surface area contributed by atoms with Gasteiger partial charge in [0.05, 0.1) is 11.1 Å². The number of hydrogen-bond acceptors (Lipinski definition) is 5. The standard InChI is InChI=1S/C22H39NO5S/c1-3-5-8-12-18(28-22(27)11-4-2)14-15-20-23(19(24)17-29-20)16-10-7-6-9-13-21(25)26/h18,20H,3-17H2,1-2H3,(H,25,26). The largest absolute Gasteiger partial charge is 0.481 e. The molecule has 0 aromatic carbocycles. The van der Waals surface area contributed by atoms with Gasteiger partial charge >= 0.3 is 11.9 Å². The van der Waals surface area contributed by atoms with E-state index in [9.17, 15) is 14.4 Å².